The first-order valence-corrected chi connectivity index (χ1v) is 3.94. The first-order valence-electron chi connectivity index (χ1n) is 3.94. The number of aliphatic hydroxyl groups is 3. The van der Waals surface area contributed by atoms with Gasteiger partial charge in [0.15, 0.2) is 6.29 Å². The van der Waals surface area contributed by atoms with E-state index in [-0.39, 0.29) is 13.2 Å². The van der Waals surface area contributed by atoms with Gasteiger partial charge in [-0.25, -0.2) is 0 Å². The van der Waals surface area contributed by atoms with E-state index in [0.717, 1.165) is 0 Å². The minimum Gasteiger partial charge on any atom is -0.491 e. The SMILES string of the molecule is OCCOc1cccc(C(O)O)c1. The normalized spacial score (nSPS) is 10.5. The summed E-state index contributed by atoms with van der Waals surface area (Å²) in [6.07, 6.45) is -1.49. The van der Waals surface area contributed by atoms with E-state index < -0.39 is 6.29 Å². The molecule has 0 unspecified atom stereocenters. The molecule has 0 aliphatic rings. The third kappa shape index (κ3) is 3.02. The largest absolute Gasteiger partial charge is 0.491 e. The van der Waals surface area contributed by atoms with Gasteiger partial charge in [0, 0.05) is 5.56 Å². The van der Waals surface area contributed by atoms with E-state index in [1.807, 2.05) is 0 Å². The molecule has 0 heterocycles. The summed E-state index contributed by atoms with van der Waals surface area (Å²) in [5.74, 6) is 0.514. The maximum Gasteiger partial charge on any atom is 0.178 e. The van der Waals surface area contributed by atoms with Crippen molar-refractivity contribution in [1.29, 1.82) is 0 Å². The zero-order valence-electron chi connectivity index (χ0n) is 7.05. The van der Waals surface area contributed by atoms with Gasteiger partial charge < -0.3 is 20.1 Å². The molecule has 0 atom stereocenters. The second-order valence-electron chi connectivity index (χ2n) is 2.52. The lowest BCUT2D eigenvalue weighted by Crippen LogP contribution is -2.02. The molecule has 1 rings (SSSR count). The van der Waals surface area contributed by atoms with Gasteiger partial charge in [-0.2, -0.15) is 0 Å². The summed E-state index contributed by atoms with van der Waals surface area (Å²) in [4.78, 5) is 0. The first kappa shape index (κ1) is 9.98. The van der Waals surface area contributed by atoms with Crippen molar-refractivity contribution >= 4 is 0 Å². The van der Waals surface area contributed by atoms with Gasteiger partial charge in [-0.3, -0.25) is 0 Å². The zero-order chi connectivity index (χ0) is 9.68. The van der Waals surface area contributed by atoms with Crippen LogP contribution in [0.4, 0.5) is 0 Å². The summed E-state index contributed by atoms with van der Waals surface area (Å²) >= 11 is 0. The summed E-state index contributed by atoms with van der Waals surface area (Å²) in [5, 5.41) is 26.1. The quantitative estimate of drug-likeness (QED) is 0.578. The van der Waals surface area contributed by atoms with Gasteiger partial charge in [0.1, 0.15) is 12.4 Å². The standard InChI is InChI=1S/C9H12O4/c10-4-5-13-8-3-1-2-7(6-8)9(11)12/h1-3,6,9-12H,4-5H2. The Hall–Kier alpha value is -1.10. The highest BCUT2D eigenvalue weighted by atomic mass is 16.5. The Morgan fingerprint density at radius 2 is 2.08 bits per heavy atom. The van der Waals surface area contributed by atoms with Gasteiger partial charge in [-0.1, -0.05) is 12.1 Å². The van der Waals surface area contributed by atoms with Crippen molar-refractivity contribution < 1.29 is 20.1 Å². The molecule has 3 N–H and O–H groups in total. The number of hydrogen-bond donors (Lipinski definition) is 3. The molecule has 0 radical (unpaired) electrons. The topological polar surface area (TPSA) is 69.9 Å². The third-order valence-electron chi connectivity index (χ3n) is 1.52. The smallest absolute Gasteiger partial charge is 0.178 e. The second kappa shape index (κ2) is 4.81. The monoisotopic (exact) mass is 184 g/mol. The van der Waals surface area contributed by atoms with Crippen LogP contribution in [0.3, 0.4) is 0 Å². The van der Waals surface area contributed by atoms with Gasteiger partial charge >= 0.3 is 0 Å². The van der Waals surface area contributed by atoms with Crippen molar-refractivity contribution in [3.63, 3.8) is 0 Å². The van der Waals surface area contributed by atoms with Crippen molar-refractivity contribution in [3.05, 3.63) is 29.8 Å². The van der Waals surface area contributed by atoms with Crippen LogP contribution in [-0.2, 0) is 0 Å². The number of ether oxygens (including phenoxy) is 1. The molecule has 13 heavy (non-hydrogen) atoms. The van der Waals surface area contributed by atoms with Crippen molar-refractivity contribution in [2.24, 2.45) is 0 Å². The van der Waals surface area contributed by atoms with Crippen LogP contribution in [0, 0.1) is 0 Å². The third-order valence-corrected chi connectivity index (χ3v) is 1.52. The molecule has 1 aromatic carbocycles. The van der Waals surface area contributed by atoms with E-state index in [1.54, 1.807) is 18.2 Å². The molecule has 4 nitrogen and oxygen atoms in total. The molecule has 0 spiro atoms. The summed E-state index contributed by atoms with van der Waals surface area (Å²) in [6.45, 7) is 0.136. The molecule has 0 bridgehead atoms. The zero-order valence-corrected chi connectivity index (χ0v) is 7.05. The van der Waals surface area contributed by atoms with Crippen LogP contribution in [0.15, 0.2) is 24.3 Å². The summed E-state index contributed by atoms with van der Waals surface area (Å²) < 4.78 is 5.07. The van der Waals surface area contributed by atoms with Gasteiger partial charge in [-0.15, -0.1) is 0 Å². The Labute approximate surface area is 76.0 Å². The maximum atomic E-state index is 8.82. The van der Waals surface area contributed by atoms with E-state index in [4.69, 9.17) is 20.1 Å². The van der Waals surface area contributed by atoms with Crippen LogP contribution in [0.5, 0.6) is 5.75 Å². The van der Waals surface area contributed by atoms with Crippen LogP contribution < -0.4 is 4.74 Å². The van der Waals surface area contributed by atoms with Crippen molar-refractivity contribution in [1.82, 2.24) is 0 Å². The van der Waals surface area contributed by atoms with E-state index in [2.05, 4.69) is 0 Å². The number of aliphatic hydroxyl groups excluding tert-OH is 2. The predicted octanol–water partition coefficient (Wildman–Crippen LogP) is 0.0409. The molecular weight excluding hydrogens is 172 g/mol. The van der Waals surface area contributed by atoms with Crippen molar-refractivity contribution in [3.8, 4) is 5.75 Å². The molecule has 0 saturated heterocycles. The molecule has 0 aliphatic carbocycles. The Kier molecular flexibility index (Phi) is 3.70. The van der Waals surface area contributed by atoms with Gasteiger partial charge in [0.25, 0.3) is 0 Å². The fourth-order valence-corrected chi connectivity index (χ4v) is 0.928. The maximum absolute atomic E-state index is 8.82. The highest BCUT2D eigenvalue weighted by molar-refractivity contribution is 5.28. The van der Waals surface area contributed by atoms with Gasteiger partial charge in [-0.05, 0) is 12.1 Å². The molecule has 0 aromatic heterocycles. The van der Waals surface area contributed by atoms with Crippen LogP contribution in [0.1, 0.15) is 11.9 Å². The van der Waals surface area contributed by atoms with Gasteiger partial charge in [0.05, 0.1) is 6.61 Å². The van der Waals surface area contributed by atoms with Crippen LogP contribution >= 0.6 is 0 Å². The number of benzene rings is 1. The van der Waals surface area contributed by atoms with Crippen molar-refractivity contribution in [2.45, 2.75) is 6.29 Å². The van der Waals surface area contributed by atoms with Gasteiger partial charge in [0.2, 0.25) is 0 Å². The first-order chi connectivity index (χ1) is 6.24. The number of rotatable bonds is 4. The summed E-state index contributed by atoms with van der Waals surface area (Å²) in [5.41, 5.74) is 0.371. The van der Waals surface area contributed by atoms with E-state index >= 15 is 0 Å². The Morgan fingerprint density at radius 1 is 1.31 bits per heavy atom. The van der Waals surface area contributed by atoms with Crippen LogP contribution in [0.25, 0.3) is 0 Å². The second-order valence-corrected chi connectivity index (χ2v) is 2.52. The van der Waals surface area contributed by atoms with E-state index in [1.165, 1.54) is 6.07 Å². The lowest BCUT2D eigenvalue weighted by Gasteiger charge is -2.07. The lowest BCUT2D eigenvalue weighted by molar-refractivity contribution is -0.0426. The molecule has 0 aliphatic heterocycles. The fourth-order valence-electron chi connectivity index (χ4n) is 0.928. The average Bonchev–Trinajstić information content (AvgIpc) is 2.15. The molecule has 0 amide bonds. The summed E-state index contributed by atoms with van der Waals surface area (Å²) in [7, 11) is 0. The molecule has 4 heteroatoms. The molecule has 1 aromatic rings. The van der Waals surface area contributed by atoms with E-state index in [0.29, 0.717) is 11.3 Å². The highest BCUT2D eigenvalue weighted by Crippen LogP contribution is 2.17. The molecular formula is C9H12O4. The summed E-state index contributed by atoms with van der Waals surface area (Å²) in [6, 6.07) is 6.43. The minimum atomic E-state index is -1.49. The van der Waals surface area contributed by atoms with Crippen LogP contribution in [-0.4, -0.2) is 28.5 Å². The van der Waals surface area contributed by atoms with Crippen LogP contribution in [0.2, 0.25) is 0 Å². The predicted molar refractivity (Wildman–Crippen MR) is 46.2 cm³/mol. The minimum absolute atomic E-state index is 0.0636. The Bertz CT molecular complexity index is 260. The average molecular weight is 184 g/mol. The molecule has 72 valence electrons. The van der Waals surface area contributed by atoms with Crippen molar-refractivity contribution in [2.75, 3.05) is 13.2 Å². The highest BCUT2D eigenvalue weighted by Gasteiger charge is 2.02. The Balaban J connectivity index is 2.68. The molecule has 0 fully saturated rings. The number of hydrogen-bond acceptors (Lipinski definition) is 4. The lowest BCUT2D eigenvalue weighted by atomic mass is 10.2. The van der Waals surface area contributed by atoms with E-state index in [9.17, 15) is 0 Å². The Morgan fingerprint density at radius 3 is 2.69 bits per heavy atom. The fraction of sp³-hybridized carbons (Fsp3) is 0.333. The molecule has 0 saturated carbocycles.